The first kappa shape index (κ1) is 5.89. The van der Waals surface area contributed by atoms with Gasteiger partial charge in [-0.05, 0) is 12.3 Å². The first-order chi connectivity index (χ1) is 4.77. The van der Waals surface area contributed by atoms with E-state index in [1.807, 2.05) is 6.08 Å². The van der Waals surface area contributed by atoms with Crippen molar-refractivity contribution in [3.63, 3.8) is 0 Å². The molecule has 1 saturated carbocycles. The lowest BCUT2D eigenvalue weighted by molar-refractivity contribution is -0.527. The Balaban J connectivity index is 2.16. The lowest BCUT2D eigenvalue weighted by Gasteiger charge is -2.08. The third-order valence-corrected chi connectivity index (χ3v) is 2.51. The van der Waals surface area contributed by atoms with Crippen molar-refractivity contribution in [3.05, 3.63) is 22.3 Å². The highest BCUT2D eigenvalue weighted by atomic mass is 16.6. The Morgan fingerprint density at radius 1 is 1.40 bits per heavy atom. The molecular weight excluding hydrogens is 130 g/mol. The quantitative estimate of drug-likeness (QED) is 0.311. The molecule has 0 amide bonds. The molecule has 0 aromatic carbocycles. The molecule has 10 heavy (non-hydrogen) atoms. The highest BCUT2D eigenvalue weighted by molar-refractivity contribution is 5.10. The first-order valence-electron chi connectivity index (χ1n) is 3.59. The minimum atomic E-state index is -0.269. The Morgan fingerprint density at radius 3 is 2.50 bits per heavy atom. The fourth-order valence-corrected chi connectivity index (χ4v) is 1.99. The third-order valence-electron chi connectivity index (χ3n) is 2.51. The number of hydrogen-bond acceptors (Lipinski definition) is 2. The van der Waals surface area contributed by atoms with Crippen LogP contribution in [0.2, 0.25) is 0 Å². The van der Waals surface area contributed by atoms with Crippen molar-refractivity contribution < 1.29 is 4.92 Å². The molecule has 1 fully saturated rings. The fraction of sp³-hybridized carbons (Fsp3) is 0.714. The molecule has 3 nitrogen and oxygen atoms in total. The van der Waals surface area contributed by atoms with Crippen LogP contribution in [0.25, 0.3) is 0 Å². The highest BCUT2D eigenvalue weighted by Crippen LogP contribution is 2.40. The van der Waals surface area contributed by atoms with Crippen LogP contribution in [0.15, 0.2) is 12.2 Å². The second-order valence-corrected chi connectivity index (χ2v) is 3.13. The van der Waals surface area contributed by atoms with Gasteiger partial charge in [-0.2, -0.15) is 0 Å². The number of rotatable bonds is 1. The van der Waals surface area contributed by atoms with E-state index in [0.29, 0.717) is 5.92 Å². The highest BCUT2D eigenvalue weighted by Gasteiger charge is 2.42. The van der Waals surface area contributed by atoms with Gasteiger partial charge in [0.05, 0.1) is 0 Å². The Kier molecular flexibility index (Phi) is 1.07. The van der Waals surface area contributed by atoms with Crippen LogP contribution in [0.4, 0.5) is 0 Å². The fourth-order valence-electron chi connectivity index (χ4n) is 1.99. The van der Waals surface area contributed by atoms with E-state index in [1.54, 1.807) is 0 Å². The van der Waals surface area contributed by atoms with E-state index in [0.717, 1.165) is 12.8 Å². The maximum atomic E-state index is 10.4. The third kappa shape index (κ3) is 0.664. The largest absolute Gasteiger partial charge is 0.264 e. The summed E-state index contributed by atoms with van der Waals surface area (Å²) in [5.41, 5.74) is 0. The molecule has 2 rings (SSSR count). The van der Waals surface area contributed by atoms with E-state index in [9.17, 15) is 10.1 Å². The van der Waals surface area contributed by atoms with E-state index in [4.69, 9.17) is 0 Å². The predicted molar refractivity (Wildman–Crippen MR) is 36.1 cm³/mol. The van der Waals surface area contributed by atoms with Crippen LogP contribution in [-0.4, -0.2) is 11.0 Å². The average molecular weight is 139 g/mol. The van der Waals surface area contributed by atoms with Gasteiger partial charge in [0, 0.05) is 17.3 Å². The van der Waals surface area contributed by atoms with Crippen molar-refractivity contribution >= 4 is 0 Å². The van der Waals surface area contributed by atoms with Gasteiger partial charge in [-0.1, -0.05) is 12.2 Å². The lowest BCUT2D eigenvalue weighted by atomic mass is 10.0. The van der Waals surface area contributed by atoms with Gasteiger partial charge in [-0.3, -0.25) is 10.1 Å². The van der Waals surface area contributed by atoms with Crippen molar-refractivity contribution in [1.29, 1.82) is 0 Å². The molecule has 0 N–H and O–H groups in total. The predicted octanol–water partition coefficient (Wildman–Crippen LogP) is 1.23. The summed E-state index contributed by atoms with van der Waals surface area (Å²) in [5, 5.41) is 10.4. The van der Waals surface area contributed by atoms with Crippen LogP contribution >= 0.6 is 0 Å². The summed E-state index contributed by atoms with van der Waals surface area (Å²) in [6.07, 6.45) is 5.91. The molecule has 3 heteroatoms. The van der Waals surface area contributed by atoms with Crippen molar-refractivity contribution in [2.75, 3.05) is 0 Å². The first-order valence-corrected chi connectivity index (χ1v) is 3.59. The molecule has 3 atom stereocenters. The molecule has 0 aromatic rings. The Bertz CT molecular complexity index is 200. The van der Waals surface area contributed by atoms with E-state index < -0.39 is 0 Å². The summed E-state index contributed by atoms with van der Waals surface area (Å²) in [6.45, 7) is 0. The van der Waals surface area contributed by atoms with Gasteiger partial charge in [0.1, 0.15) is 0 Å². The van der Waals surface area contributed by atoms with E-state index in [-0.39, 0.29) is 16.9 Å². The summed E-state index contributed by atoms with van der Waals surface area (Å²) in [4.78, 5) is 10.2. The molecule has 0 radical (unpaired) electrons. The number of hydrogen-bond donors (Lipinski definition) is 0. The zero-order valence-corrected chi connectivity index (χ0v) is 5.56. The number of allylic oxidation sites excluding steroid dienone is 1. The minimum Gasteiger partial charge on any atom is -0.264 e. The van der Waals surface area contributed by atoms with Crippen LogP contribution in [0, 0.1) is 22.0 Å². The molecule has 2 aliphatic carbocycles. The van der Waals surface area contributed by atoms with Gasteiger partial charge >= 0.3 is 0 Å². The Hall–Kier alpha value is -0.860. The second-order valence-electron chi connectivity index (χ2n) is 3.13. The summed E-state index contributed by atoms with van der Waals surface area (Å²) in [5.74, 6) is 0.764. The standard InChI is InChI=1S/C7H9NO2/c9-8(10)7-4-5-1-2-6(7)3-5/h1-2,5-7H,3-4H2/t5-,6+,7+/m0/s1. The van der Waals surface area contributed by atoms with E-state index in [2.05, 4.69) is 6.08 Å². The van der Waals surface area contributed by atoms with Crippen LogP contribution in [-0.2, 0) is 0 Å². The van der Waals surface area contributed by atoms with Gasteiger partial charge in [0.25, 0.3) is 0 Å². The van der Waals surface area contributed by atoms with Crippen molar-refractivity contribution in [3.8, 4) is 0 Å². The summed E-state index contributed by atoms with van der Waals surface area (Å²) >= 11 is 0. The molecular formula is C7H9NO2. The summed E-state index contributed by atoms with van der Waals surface area (Å²) < 4.78 is 0. The van der Waals surface area contributed by atoms with Gasteiger partial charge < -0.3 is 0 Å². The topological polar surface area (TPSA) is 43.1 Å². The minimum absolute atomic E-state index is 0.131. The molecule has 2 bridgehead atoms. The maximum Gasteiger partial charge on any atom is 0.219 e. The molecule has 0 aliphatic heterocycles. The zero-order chi connectivity index (χ0) is 7.14. The van der Waals surface area contributed by atoms with Crippen LogP contribution in [0.3, 0.4) is 0 Å². The van der Waals surface area contributed by atoms with Crippen LogP contribution in [0.1, 0.15) is 12.8 Å². The molecule has 0 spiro atoms. The van der Waals surface area contributed by atoms with Crippen molar-refractivity contribution in [1.82, 2.24) is 0 Å². The smallest absolute Gasteiger partial charge is 0.219 e. The number of fused-ring (bicyclic) bond motifs is 2. The van der Waals surface area contributed by atoms with Gasteiger partial charge in [0.15, 0.2) is 0 Å². The monoisotopic (exact) mass is 139 g/mol. The summed E-state index contributed by atoms with van der Waals surface area (Å²) in [7, 11) is 0. The maximum absolute atomic E-state index is 10.4. The van der Waals surface area contributed by atoms with Gasteiger partial charge in [-0.15, -0.1) is 0 Å². The van der Waals surface area contributed by atoms with Gasteiger partial charge in [0.2, 0.25) is 6.04 Å². The zero-order valence-electron chi connectivity index (χ0n) is 5.56. The Morgan fingerprint density at radius 2 is 2.20 bits per heavy atom. The van der Waals surface area contributed by atoms with Crippen LogP contribution in [0.5, 0.6) is 0 Å². The number of nitro groups is 1. The van der Waals surface area contributed by atoms with Crippen LogP contribution < -0.4 is 0 Å². The molecule has 0 heterocycles. The Labute approximate surface area is 58.9 Å². The molecule has 2 aliphatic rings. The lowest BCUT2D eigenvalue weighted by Crippen LogP contribution is -2.23. The van der Waals surface area contributed by atoms with E-state index >= 15 is 0 Å². The molecule has 0 aromatic heterocycles. The summed E-state index contributed by atoms with van der Waals surface area (Å²) in [6, 6.07) is -0.269. The molecule has 0 unspecified atom stereocenters. The second kappa shape index (κ2) is 1.81. The average Bonchev–Trinajstić information content (AvgIpc) is 2.44. The number of nitrogens with zero attached hydrogens (tertiary/aromatic N) is 1. The SMILES string of the molecule is O=[N+]([O-])[C@@H]1C[C@H]2C=C[C@@H]1C2. The van der Waals surface area contributed by atoms with Crippen molar-refractivity contribution in [2.24, 2.45) is 11.8 Å². The normalized spacial score (nSPS) is 42.6. The van der Waals surface area contributed by atoms with Crippen molar-refractivity contribution in [2.45, 2.75) is 18.9 Å². The molecule has 54 valence electrons. The molecule has 0 saturated heterocycles. The van der Waals surface area contributed by atoms with E-state index in [1.165, 1.54) is 0 Å². The van der Waals surface area contributed by atoms with Gasteiger partial charge in [-0.25, -0.2) is 0 Å².